The van der Waals surface area contributed by atoms with E-state index in [9.17, 15) is 9.59 Å². The summed E-state index contributed by atoms with van der Waals surface area (Å²) in [6.07, 6.45) is 2.28. The molecule has 0 radical (unpaired) electrons. The first-order chi connectivity index (χ1) is 15.1. The molecule has 2 amide bonds. The minimum atomic E-state index is -0.320. The Morgan fingerprint density at radius 1 is 1.10 bits per heavy atom. The summed E-state index contributed by atoms with van der Waals surface area (Å²) in [5.41, 5.74) is 3.20. The van der Waals surface area contributed by atoms with Crippen LogP contribution in [0.2, 0.25) is 0 Å². The Morgan fingerprint density at radius 2 is 1.81 bits per heavy atom. The zero-order valence-corrected chi connectivity index (χ0v) is 18.7. The number of ether oxygens (including phenoxy) is 1. The quantitative estimate of drug-likeness (QED) is 0.672. The summed E-state index contributed by atoms with van der Waals surface area (Å²) in [6.45, 7) is 5.16. The third-order valence-corrected chi connectivity index (χ3v) is 6.69. The van der Waals surface area contributed by atoms with Crippen molar-refractivity contribution in [1.29, 1.82) is 0 Å². The summed E-state index contributed by atoms with van der Waals surface area (Å²) >= 11 is 1.67. The number of anilines is 1. The maximum atomic E-state index is 12.8. The van der Waals surface area contributed by atoms with Gasteiger partial charge in [-0.1, -0.05) is 24.3 Å². The molecular weight excluding hydrogens is 410 g/mol. The monoisotopic (exact) mass is 439 g/mol. The number of nitrogens with one attached hydrogen (secondary N) is 1. The molecule has 0 aromatic heterocycles. The summed E-state index contributed by atoms with van der Waals surface area (Å²) in [5.74, 6) is -0.373. The Labute approximate surface area is 187 Å². The van der Waals surface area contributed by atoms with Crippen LogP contribution in [-0.2, 0) is 27.4 Å². The largest absolute Gasteiger partial charge is 0.379 e. The van der Waals surface area contributed by atoms with Crippen molar-refractivity contribution in [2.45, 2.75) is 24.4 Å². The first kappa shape index (κ1) is 21.9. The molecule has 2 aliphatic rings. The fourth-order valence-corrected chi connectivity index (χ4v) is 4.51. The molecular formula is C24H29N3O3S. The van der Waals surface area contributed by atoms with Gasteiger partial charge in [0, 0.05) is 49.7 Å². The second kappa shape index (κ2) is 10.3. The Bertz CT molecular complexity index is 913. The van der Waals surface area contributed by atoms with Crippen LogP contribution in [0.4, 0.5) is 5.69 Å². The number of morpholine rings is 1. The van der Waals surface area contributed by atoms with E-state index in [2.05, 4.69) is 22.3 Å². The van der Waals surface area contributed by atoms with Gasteiger partial charge >= 0.3 is 0 Å². The molecule has 2 aliphatic heterocycles. The van der Waals surface area contributed by atoms with E-state index in [-0.39, 0.29) is 24.2 Å². The lowest BCUT2D eigenvalue weighted by atomic mass is 10.1. The van der Waals surface area contributed by atoms with Gasteiger partial charge in [-0.05, 0) is 41.6 Å². The average Bonchev–Trinajstić information content (AvgIpc) is 3.21. The van der Waals surface area contributed by atoms with Crippen molar-refractivity contribution in [1.82, 2.24) is 10.2 Å². The van der Waals surface area contributed by atoms with Gasteiger partial charge in [-0.15, -0.1) is 11.8 Å². The van der Waals surface area contributed by atoms with E-state index < -0.39 is 0 Å². The van der Waals surface area contributed by atoms with Crippen LogP contribution in [0.15, 0.2) is 53.4 Å². The lowest BCUT2D eigenvalue weighted by Gasteiger charge is -2.27. The molecule has 1 atom stereocenters. The first-order valence-corrected chi connectivity index (χ1v) is 12.0. The number of hydrogen-bond donors (Lipinski definition) is 1. The van der Waals surface area contributed by atoms with E-state index in [1.54, 1.807) is 16.7 Å². The molecule has 31 heavy (non-hydrogen) atoms. The van der Waals surface area contributed by atoms with Crippen molar-refractivity contribution in [2.24, 2.45) is 5.92 Å². The van der Waals surface area contributed by atoms with Crippen LogP contribution in [0, 0.1) is 5.92 Å². The number of carbonyl (C=O) groups is 2. The zero-order chi connectivity index (χ0) is 21.6. The van der Waals surface area contributed by atoms with E-state index in [0.717, 1.165) is 49.0 Å². The van der Waals surface area contributed by atoms with Gasteiger partial charge in [0.25, 0.3) is 0 Å². The zero-order valence-electron chi connectivity index (χ0n) is 17.9. The lowest BCUT2D eigenvalue weighted by Crippen LogP contribution is -2.36. The van der Waals surface area contributed by atoms with Crippen molar-refractivity contribution in [3.8, 4) is 0 Å². The molecule has 0 saturated carbocycles. The molecule has 2 heterocycles. The van der Waals surface area contributed by atoms with E-state index in [1.807, 2.05) is 42.7 Å². The van der Waals surface area contributed by atoms with Crippen molar-refractivity contribution in [3.63, 3.8) is 0 Å². The normalized spacial score (nSPS) is 19.6. The van der Waals surface area contributed by atoms with Crippen LogP contribution < -0.4 is 10.2 Å². The van der Waals surface area contributed by atoms with Crippen LogP contribution in [0.3, 0.4) is 0 Å². The fourth-order valence-electron chi connectivity index (χ4n) is 4.11. The third kappa shape index (κ3) is 5.47. The summed E-state index contributed by atoms with van der Waals surface area (Å²) in [7, 11) is 0. The highest BCUT2D eigenvalue weighted by Crippen LogP contribution is 2.27. The molecule has 2 fully saturated rings. The average molecular weight is 440 g/mol. The fraction of sp³-hybridized carbons (Fsp3) is 0.417. The van der Waals surface area contributed by atoms with Crippen LogP contribution in [0.25, 0.3) is 0 Å². The number of nitrogens with zero attached hydrogens (tertiary/aromatic N) is 2. The van der Waals surface area contributed by atoms with E-state index in [1.165, 1.54) is 5.56 Å². The number of amides is 2. The second-order valence-corrected chi connectivity index (χ2v) is 8.86. The first-order valence-electron chi connectivity index (χ1n) is 10.7. The van der Waals surface area contributed by atoms with Gasteiger partial charge in [-0.3, -0.25) is 14.5 Å². The topological polar surface area (TPSA) is 61.9 Å². The second-order valence-electron chi connectivity index (χ2n) is 7.98. The van der Waals surface area contributed by atoms with Crippen molar-refractivity contribution >= 4 is 29.3 Å². The molecule has 7 heteroatoms. The SMILES string of the molecule is CSc1ccc(N2CC(C(=O)NCc3ccccc3CN3CCOCC3)CC2=O)cc1. The van der Waals surface area contributed by atoms with Gasteiger partial charge < -0.3 is 15.0 Å². The van der Waals surface area contributed by atoms with E-state index in [4.69, 9.17) is 4.74 Å². The molecule has 4 rings (SSSR count). The molecule has 6 nitrogen and oxygen atoms in total. The molecule has 2 saturated heterocycles. The summed E-state index contributed by atoms with van der Waals surface area (Å²) in [6, 6.07) is 16.1. The Hall–Kier alpha value is -2.35. The van der Waals surface area contributed by atoms with Crippen LogP contribution in [-0.4, -0.2) is 55.8 Å². The van der Waals surface area contributed by atoms with Gasteiger partial charge in [0.05, 0.1) is 19.1 Å². The van der Waals surface area contributed by atoms with Gasteiger partial charge in [-0.2, -0.15) is 0 Å². The smallest absolute Gasteiger partial charge is 0.227 e. The molecule has 1 N–H and O–H groups in total. The Balaban J connectivity index is 1.34. The lowest BCUT2D eigenvalue weighted by molar-refractivity contribution is -0.126. The Morgan fingerprint density at radius 3 is 2.52 bits per heavy atom. The predicted molar refractivity (Wildman–Crippen MR) is 123 cm³/mol. The summed E-state index contributed by atoms with van der Waals surface area (Å²) in [4.78, 5) is 30.6. The molecule has 164 valence electrons. The number of hydrogen-bond acceptors (Lipinski definition) is 5. The van der Waals surface area contributed by atoms with E-state index >= 15 is 0 Å². The van der Waals surface area contributed by atoms with Gasteiger partial charge in [-0.25, -0.2) is 0 Å². The minimum Gasteiger partial charge on any atom is -0.379 e. The van der Waals surface area contributed by atoms with Crippen LogP contribution in [0.5, 0.6) is 0 Å². The number of carbonyl (C=O) groups excluding carboxylic acids is 2. The van der Waals surface area contributed by atoms with Crippen molar-refractivity contribution in [2.75, 3.05) is 44.0 Å². The van der Waals surface area contributed by atoms with Gasteiger partial charge in [0.15, 0.2) is 0 Å². The number of benzene rings is 2. The highest BCUT2D eigenvalue weighted by molar-refractivity contribution is 7.98. The van der Waals surface area contributed by atoms with Crippen molar-refractivity contribution < 1.29 is 14.3 Å². The molecule has 0 bridgehead atoms. The molecule has 2 aromatic carbocycles. The molecule has 1 unspecified atom stereocenters. The summed E-state index contributed by atoms with van der Waals surface area (Å²) in [5, 5.41) is 3.06. The highest BCUT2D eigenvalue weighted by Gasteiger charge is 2.35. The standard InChI is InChI=1S/C24H29N3O3S/c1-31-22-8-6-21(7-9-22)27-17-20(14-23(27)28)24(29)25-15-18-4-2-3-5-19(18)16-26-10-12-30-13-11-26/h2-9,20H,10-17H2,1H3,(H,25,29). The van der Waals surface area contributed by atoms with Crippen molar-refractivity contribution in [3.05, 3.63) is 59.7 Å². The Kier molecular flexibility index (Phi) is 7.27. The molecule has 2 aromatic rings. The number of thioether (sulfide) groups is 1. The minimum absolute atomic E-state index is 0.00442. The van der Waals surface area contributed by atoms with E-state index in [0.29, 0.717) is 13.1 Å². The third-order valence-electron chi connectivity index (χ3n) is 5.95. The van der Waals surface area contributed by atoms with Crippen LogP contribution >= 0.6 is 11.8 Å². The molecule has 0 aliphatic carbocycles. The summed E-state index contributed by atoms with van der Waals surface area (Å²) < 4.78 is 5.43. The maximum Gasteiger partial charge on any atom is 0.227 e. The predicted octanol–water partition coefficient (Wildman–Crippen LogP) is 2.91. The number of rotatable bonds is 7. The van der Waals surface area contributed by atoms with Crippen LogP contribution in [0.1, 0.15) is 17.5 Å². The van der Waals surface area contributed by atoms with Gasteiger partial charge in [0.2, 0.25) is 11.8 Å². The molecule has 0 spiro atoms. The highest BCUT2D eigenvalue weighted by atomic mass is 32.2. The maximum absolute atomic E-state index is 12.8. The van der Waals surface area contributed by atoms with Gasteiger partial charge in [0.1, 0.15) is 0 Å².